The summed E-state index contributed by atoms with van der Waals surface area (Å²) in [6.45, 7) is 6.09. The van der Waals surface area contributed by atoms with Gasteiger partial charge in [-0.3, -0.25) is 0 Å². The second kappa shape index (κ2) is 4.32. The maximum Gasteiger partial charge on any atom is 0.221 e. The molecule has 0 amide bonds. The van der Waals surface area contributed by atoms with Crippen molar-refractivity contribution in [3.8, 4) is 0 Å². The van der Waals surface area contributed by atoms with E-state index < -0.39 is 0 Å². The van der Waals surface area contributed by atoms with Gasteiger partial charge in [0.25, 0.3) is 0 Å². The Kier molecular flexibility index (Phi) is 3.32. The third-order valence-corrected chi connectivity index (χ3v) is 4.24. The minimum absolute atomic E-state index is 0.977. The molecule has 0 aliphatic carbocycles. The molecule has 2 aliphatic heterocycles. The molecule has 0 aromatic carbocycles. The largest absolute Gasteiger partial charge is 0.341 e. The van der Waals surface area contributed by atoms with Crippen molar-refractivity contribution >= 4 is 16.1 Å². The van der Waals surface area contributed by atoms with Crippen LogP contribution < -0.4 is 0 Å². The van der Waals surface area contributed by atoms with E-state index in [-0.39, 0.29) is 0 Å². The van der Waals surface area contributed by atoms with Crippen LogP contribution in [0.2, 0.25) is 12.6 Å². The molecule has 13 heavy (non-hydrogen) atoms. The second-order valence-corrected chi connectivity index (χ2v) is 5.20. The summed E-state index contributed by atoms with van der Waals surface area (Å²) in [6, 6.07) is 0. The summed E-state index contributed by atoms with van der Waals surface area (Å²) in [4.78, 5) is 2.75. The van der Waals surface area contributed by atoms with E-state index in [4.69, 9.17) is 0 Å². The molecule has 2 rings (SSSR count). The first kappa shape index (κ1) is 9.99. The van der Waals surface area contributed by atoms with Crippen molar-refractivity contribution in [3.63, 3.8) is 0 Å². The highest BCUT2D eigenvalue weighted by molar-refractivity contribution is 7.16. The third kappa shape index (κ3) is 2.28. The van der Waals surface area contributed by atoms with Gasteiger partial charge in [-0.25, -0.2) is 0 Å². The van der Waals surface area contributed by atoms with Crippen LogP contribution in [0.25, 0.3) is 0 Å². The first-order valence-corrected chi connectivity index (χ1v) is 6.61. The normalized spacial score (nSPS) is 34.2. The molecule has 2 saturated heterocycles. The zero-order chi connectivity index (χ0) is 9.26. The predicted molar refractivity (Wildman–Crippen MR) is 63.4 cm³/mol. The minimum Gasteiger partial charge on any atom is -0.341 e. The number of hydrogen-bond acceptors (Lipinski definition) is 1. The van der Waals surface area contributed by atoms with E-state index in [2.05, 4.69) is 21.0 Å². The fourth-order valence-corrected chi connectivity index (χ4v) is 3.21. The Balaban J connectivity index is 1.86. The highest BCUT2D eigenvalue weighted by atomic mass is 31.0. The molecule has 0 aromatic heterocycles. The molecule has 1 nitrogen and oxygen atoms in total. The van der Waals surface area contributed by atoms with Crippen LogP contribution >= 0.6 is 9.24 Å². The van der Waals surface area contributed by atoms with Gasteiger partial charge in [-0.15, -0.1) is 9.24 Å². The smallest absolute Gasteiger partial charge is 0.221 e. The molecule has 3 heteroatoms. The van der Waals surface area contributed by atoms with Crippen molar-refractivity contribution in [1.82, 2.24) is 4.81 Å². The second-order valence-electron chi connectivity index (χ2n) is 4.73. The average Bonchev–Trinajstić information content (AvgIpc) is 2.90. The molecule has 0 radical (unpaired) electrons. The zero-order valence-corrected chi connectivity index (χ0v) is 9.86. The molecule has 74 valence electrons. The van der Waals surface area contributed by atoms with Crippen LogP contribution in [0.15, 0.2) is 0 Å². The van der Waals surface area contributed by atoms with Gasteiger partial charge in [0.15, 0.2) is 0 Å². The molecule has 3 unspecified atom stereocenters. The van der Waals surface area contributed by atoms with Crippen molar-refractivity contribution in [3.05, 3.63) is 0 Å². The van der Waals surface area contributed by atoms with Crippen molar-refractivity contribution < 1.29 is 0 Å². The Bertz CT molecular complexity index is 172. The predicted octanol–water partition coefficient (Wildman–Crippen LogP) is 2.21. The summed E-state index contributed by atoms with van der Waals surface area (Å²) in [5, 5.41) is 0. The molecular formula is C10H21BNP. The monoisotopic (exact) mass is 197 g/mol. The quantitative estimate of drug-likeness (QED) is 0.493. The Morgan fingerprint density at radius 1 is 1.31 bits per heavy atom. The lowest BCUT2D eigenvalue weighted by molar-refractivity contribution is 0.420. The molecule has 2 fully saturated rings. The molecular weight excluding hydrogens is 176 g/mol. The summed E-state index contributed by atoms with van der Waals surface area (Å²) >= 11 is 0. The first-order chi connectivity index (χ1) is 6.35. The fourth-order valence-electron chi connectivity index (χ4n) is 2.68. The van der Waals surface area contributed by atoms with E-state index in [9.17, 15) is 0 Å². The highest BCUT2D eigenvalue weighted by Crippen LogP contribution is 2.35. The van der Waals surface area contributed by atoms with Crippen molar-refractivity contribution in [1.29, 1.82) is 0 Å². The zero-order valence-electron chi connectivity index (χ0n) is 8.71. The Hall–Kier alpha value is 0.455. The van der Waals surface area contributed by atoms with Crippen LogP contribution in [0.4, 0.5) is 0 Å². The summed E-state index contributed by atoms with van der Waals surface area (Å²) in [5.74, 6) is 1.98. The van der Waals surface area contributed by atoms with Crippen LogP contribution in [-0.2, 0) is 0 Å². The lowest BCUT2D eigenvalue weighted by Gasteiger charge is -2.14. The molecule has 2 heterocycles. The summed E-state index contributed by atoms with van der Waals surface area (Å²) < 4.78 is 0. The van der Waals surface area contributed by atoms with Crippen LogP contribution in [-0.4, -0.2) is 30.9 Å². The van der Waals surface area contributed by atoms with E-state index in [0.717, 1.165) is 18.7 Å². The molecule has 0 spiro atoms. The van der Waals surface area contributed by atoms with Gasteiger partial charge in [0, 0.05) is 0 Å². The summed E-state index contributed by atoms with van der Waals surface area (Å²) in [7, 11) is 2.94. The number of nitrogens with zero attached hydrogens (tertiary/aromatic N) is 1. The molecule has 0 N–H and O–H groups in total. The fraction of sp³-hybridized carbons (Fsp3) is 1.00. The van der Waals surface area contributed by atoms with E-state index in [1.54, 1.807) is 0 Å². The van der Waals surface area contributed by atoms with E-state index in [1.165, 1.54) is 44.7 Å². The van der Waals surface area contributed by atoms with Gasteiger partial charge in [-0.1, -0.05) is 26.0 Å². The number of rotatable bonds is 4. The first-order valence-electron chi connectivity index (χ1n) is 5.79. The average molecular weight is 197 g/mol. The maximum absolute atomic E-state index is 2.94. The van der Waals surface area contributed by atoms with Gasteiger partial charge < -0.3 is 4.81 Å². The Morgan fingerprint density at radius 3 is 2.54 bits per heavy atom. The van der Waals surface area contributed by atoms with E-state index in [0.29, 0.717) is 0 Å². The van der Waals surface area contributed by atoms with Crippen LogP contribution in [0, 0.1) is 11.8 Å². The lowest BCUT2D eigenvalue weighted by Crippen LogP contribution is -2.26. The van der Waals surface area contributed by atoms with Gasteiger partial charge in [0.05, 0.1) is 0 Å². The standard InChI is InChI=1S/C10H21BNP/c1-2-3-9-6-12(11-4-5-11)7-10(9)8-13/h9-10H,2-8,13H2,1H3. The SMILES string of the molecule is CCCC1CN(B2CC2)CC1CP. The van der Waals surface area contributed by atoms with Crippen LogP contribution in [0.5, 0.6) is 0 Å². The molecule has 3 atom stereocenters. The lowest BCUT2D eigenvalue weighted by atomic mass is 9.85. The Morgan fingerprint density at radius 2 is 2.00 bits per heavy atom. The molecule has 0 aromatic rings. The van der Waals surface area contributed by atoms with Gasteiger partial charge in [0.1, 0.15) is 0 Å². The van der Waals surface area contributed by atoms with Crippen molar-refractivity contribution in [2.75, 3.05) is 19.3 Å². The molecule has 2 aliphatic rings. The van der Waals surface area contributed by atoms with E-state index in [1.807, 2.05) is 0 Å². The van der Waals surface area contributed by atoms with E-state index >= 15 is 0 Å². The van der Waals surface area contributed by atoms with Crippen LogP contribution in [0.1, 0.15) is 19.8 Å². The highest BCUT2D eigenvalue weighted by Gasteiger charge is 2.41. The molecule has 0 bridgehead atoms. The number of hydrogen-bond donors (Lipinski definition) is 0. The maximum atomic E-state index is 2.94. The Labute approximate surface area is 84.9 Å². The summed E-state index contributed by atoms with van der Waals surface area (Å²) in [5.41, 5.74) is 0. The van der Waals surface area contributed by atoms with Gasteiger partial charge >= 0.3 is 0 Å². The van der Waals surface area contributed by atoms with Crippen LogP contribution in [0.3, 0.4) is 0 Å². The third-order valence-electron chi connectivity index (χ3n) is 3.63. The molecule has 0 saturated carbocycles. The van der Waals surface area contributed by atoms with Gasteiger partial charge in [0.2, 0.25) is 6.85 Å². The van der Waals surface area contributed by atoms with Gasteiger partial charge in [-0.2, -0.15) is 0 Å². The topological polar surface area (TPSA) is 3.24 Å². The van der Waals surface area contributed by atoms with Crippen molar-refractivity contribution in [2.45, 2.75) is 32.4 Å². The summed E-state index contributed by atoms with van der Waals surface area (Å²) in [6.07, 6.45) is 7.07. The van der Waals surface area contributed by atoms with Gasteiger partial charge in [-0.05, 0) is 37.5 Å². The van der Waals surface area contributed by atoms with Crippen molar-refractivity contribution in [2.24, 2.45) is 11.8 Å². The minimum atomic E-state index is 0.977.